The van der Waals surface area contributed by atoms with E-state index in [0.29, 0.717) is 18.9 Å². The van der Waals surface area contributed by atoms with Crippen LogP contribution in [0.5, 0.6) is 0 Å². The molecule has 0 aromatic heterocycles. The van der Waals surface area contributed by atoms with Crippen LogP contribution in [-0.2, 0) is 14.3 Å². The first-order chi connectivity index (χ1) is 7.85. The fourth-order valence-electron chi connectivity index (χ4n) is 1.48. The number of hydrogen-bond donors (Lipinski definition) is 0. The number of hydrogen-bond acceptors (Lipinski definition) is 3. The summed E-state index contributed by atoms with van der Waals surface area (Å²) in [5.41, 5.74) is -0.793. The molecule has 0 N–H and O–H groups in total. The van der Waals surface area contributed by atoms with E-state index < -0.39 is 5.60 Å². The van der Waals surface area contributed by atoms with Gasteiger partial charge in [0.2, 0.25) is 0 Å². The van der Waals surface area contributed by atoms with Crippen molar-refractivity contribution in [1.29, 1.82) is 0 Å². The summed E-state index contributed by atoms with van der Waals surface area (Å²) in [4.78, 5) is 22.9. The minimum Gasteiger partial charge on any atom is -0.367 e. The second-order valence-corrected chi connectivity index (χ2v) is 5.04. The molecule has 0 saturated carbocycles. The minimum atomic E-state index is -0.793. The molecule has 0 bridgehead atoms. The molecule has 0 aromatic rings. The lowest BCUT2D eigenvalue weighted by atomic mass is 9.93. The van der Waals surface area contributed by atoms with E-state index in [1.165, 1.54) is 6.92 Å². The van der Waals surface area contributed by atoms with Crippen LogP contribution in [0, 0.1) is 5.92 Å². The van der Waals surface area contributed by atoms with Crippen molar-refractivity contribution in [3.05, 3.63) is 0 Å². The fraction of sp³-hybridized carbons (Fsp3) is 0.857. The molecule has 0 fully saturated rings. The Bertz CT molecular complexity index is 260. The maximum atomic E-state index is 11.9. The molecule has 0 aliphatic carbocycles. The topological polar surface area (TPSA) is 43.4 Å². The summed E-state index contributed by atoms with van der Waals surface area (Å²) in [5, 5.41) is 0. The van der Waals surface area contributed by atoms with Crippen LogP contribution in [0.15, 0.2) is 0 Å². The first kappa shape index (κ1) is 16.3. The average molecular weight is 242 g/mol. The van der Waals surface area contributed by atoms with Gasteiger partial charge in [0.05, 0.1) is 6.42 Å². The van der Waals surface area contributed by atoms with Gasteiger partial charge in [-0.25, -0.2) is 0 Å². The van der Waals surface area contributed by atoms with Crippen LogP contribution >= 0.6 is 0 Å². The van der Waals surface area contributed by atoms with Crippen LogP contribution in [0.4, 0.5) is 0 Å². The van der Waals surface area contributed by atoms with Crippen molar-refractivity contribution in [2.75, 3.05) is 6.61 Å². The monoisotopic (exact) mass is 242 g/mol. The Morgan fingerprint density at radius 3 is 2.29 bits per heavy atom. The summed E-state index contributed by atoms with van der Waals surface area (Å²) in [6.07, 6.45) is 2.67. The lowest BCUT2D eigenvalue weighted by Gasteiger charge is -2.27. The zero-order chi connectivity index (χ0) is 13.5. The van der Waals surface area contributed by atoms with Gasteiger partial charge in [-0.2, -0.15) is 0 Å². The summed E-state index contributed by atoms with van der Waals surface area (Å²) >= 11 is 0. The van der Waals surface area contributed by atoms with Crippen molar-refractivity contribution in [3.8, 4) is 0 Å². The second-order valence-electron chi connectivity index (χ2n) is 5.04. The van der Waals surface area contributed by atoms with Gasteiger partial charge in [0.15, 0.2) is 5.78 Å². The second kappa shape index (κ2) is 7.59. The van der Waals surface area contributed by atoms with E-state index in [0.717, 1.165) is 12.8 Å². The molecule has 0 aliphatic heterocycles. The average Bonchev–Trinajstić information content (AvgIpc) is 2.27. The summed E-state index contributed by atoms with van der Waals surface area (Å²) < 4.78 is 5.71. The molecule has 0 amide bonds. The summed E-state index contributed by atoms with van der Waals surface area (Å²) in [7, 11) is 0. The summed E-state index contributed by atoms with van der Waals surface area (Å²) in [6, 6.07) is 0. The van der Waals surface area contributed by atoms with Crippen molar-refractivity contribution in [1.82, 2.24) is 0 Å². The van der Waals surface area contributed by atoms with Crippen LogP contribution < -0.4 is 0 Å². The Balaban J connectivity index is 4.27. The molecule has 0 saturated heterocycles. The van der Waals surface area contributed by atoms with Crippen LogP contribution in [0.2, 0.25) is 0 Å². The summed E-state index contributed by atoms with van der Waals surface area (Å²) in [6.45, 7) is 10.0. The molecule has 17 heavy (non-hydrogen) atoms. The van der Waals surface area contributed by atoms with E-state index in [-0.39, 0.29) is 18.0 Å². The van der Waals surface area contributed by atoms with Crippen molar-refractivity contribution < 1.29 is 14.3 Å². The molecular formula is C14H26O3. The highest BCUT2D eigenvalue weighted by atomic mass is 16.5. The van der Waals surface area contributed by atoms with Crippen molar-refractivity contribution in [2.24, 2.45) is 5.92 Å². The number of rotatable bonds is 9. The molecule has 3 heteroatoms. The van der Waals surface area contributed by atoms with Gasteiger partial charge in [-0.05, 0) is 32.6 Å². The molecule has 0 heterocycles. The number of carbonyl (C=O) groups excluding carboxylic acids is 2. The smallest absolute Gasteiger partial charge is 0.171 e. The molecule has 1 unspecified atom stereocenters. The Morgan fingerprint density at radius 1 is 1.29 bits per heavy atom. The van der Waals surface area contributed by atoms with Crippen LogP contribution in [0.25, 0.3) is 0 Å². The Labute approximate surface area is 105 Å². The standard InChI is InChI=1S/C14H26O3/c1-6-11(3)8-9-17-14(5,7-2)13(16)10-12(4)15/h11H,6-10H2,1-5H3/t11-,14?/m1/s1. The van der Waals surface area contributed by atoms with Gasteiger partial charge < -0.3 is 4.74 Å². The van der Waals surface area contributed by atoms with E-state index in [1.807, 2.05) is 6.92 Å². The van der Waals surface area contributed by atoms with Crippen molar-refractivity contribution in [3.63, 3.8) is 0 Å². The number of Topliss-reactive ketones (excluding diaryl/α,β-unsaturated/α-hetero) is 2. The van der Waals surface area contributed by atoms with Crippen LogP contribution in [-0.4, -0.2) is 23.8 Å². The van der Waals surface area contributed by atoms with Crippen LogP contribution in [0.3, 0.4) is 0 Å². The Kier molecular flexibility index (Phi) is 7.28. The van der Waals surface area contributed by atoms with Gasteiger partial charge in [-0.15, -0.1) is 0 Å². The van der Waals surface area contributed by atoms with Gasteiger partial charge in [0, 0.05) is 6.61 Å². The van der Waals surface area contributed by atoms with E-state index in [9.17, 15) is 9.59 Å². The zero-order valence-electron chi connectivity index (χ0n) is 11.8. The van der Waals surface area contributed by atoms with Gasteiger partial charge in [0.25, 0.3) is 0 Å². The quantitative estimate of drug-likeness (QED) is 0.583. The minimum absolute atomic E-state index is 0.0202. The lowest BCUT2D eigenvalue weighted by Crippen LogP contribution is -2.39. The molecule has 0 radical (unpaired) electrons. The number of carbonyl (C=O) groups is 2. The molecule has 3 nitrogen and oxygen atoms in total. The zero-order valence-corrected chi connectivity index (χ0v) is 11.8. The third-order valence-corrected chi connectivity index (χ3v) is 3.40. The van der Waals surface area contributed by atoms with Gasteiger partial charge >= 0.3 is 0 Å². The predicted octanol–water partition coefficient (Wildman–Crippen LogP) is 3.16. The molecule has 0 spiro atoms. The highest BCUT2D eigenvalue weighted by Crippen LogP contribution is 2.20. The van der Waals surface area contributed by atoms with Gasteiger partial charge in [-0.3, -0.25) is 9.59 Å². The maximum Gasteiger partial charge on any atom is 0.171 e. The first-order valence-corrected chi connectivity index (χ1v) is 6.52. The largest absolute Gasteiger partial charge is 0.367 e. The predicted molar refractivity (Wildman–Crippen MR) is 69.0 cm³/mol. The summed E-state index contributed by atoms with van der Waals surface area (Å²) in [5.74, 6) is 0.413. The Morgan fingerprint density at radius 2 is 1.88 bits per heavy atom. The molecule has 100 valence electrons. The Hall–Kier alpha value is -0.700. The normalized spacial score (nSPS) is 16.3. The van der Waals surface area contributed by atoms with Crippen molar-refractivity contribution in [2.45, 2.75) is 65.9 Å². The number of ketones is 2. The highest BCUT2D eigenvalue weighted by molar-refractivity contribution is 6.01. The third kappa shape index (κ3) is 5.97. The van der Waals surface area contributed by atoms with E-state index >= 15 is 0 Å². The first-order valence-electron chi connectivity index (χ1n) is 6.52. The lowest BCUT2D eigenvalue weighted by molar-refractivity contribution is -0.145. The molecule has 0 aromatic carbocycles. The van der Waals surface area contributed by atoms with Crippen LogP contribution in [0.1, 0.15) is 60.3 Å². The third-order valence-electron chi connectivity index (χ3n) is 3.40. The van der Waals surface area contributed by atoms with Gasteiger partial charge in [0.1, 0.15) is 11.4 Å². The van der Waals surface area contributed by atoms with Gasteiger partial charge in [-0.1, -0.05) is 27.2 Å². The molecule has 0 rings (SSSR count). The maximum absolute atomic E-state index is 11.9. The van der Waals surface area contributed by atoms with E-state index in [1.54, 1.807) is 6.92 Å². The molecular weight excluding hydrogens is 216 g/mol. The van der Waals surface area contributed by atoms with E-state index in [2.05, 4.69) is 13.8 Å². The SMILES string of the molecule is CC[C@@H](C)CCOC(C)(CC)C(=O)CC(C)=O. The van der Waals surface area contributed by atoms with Crippen molar-refractivity contribution >= 4 is 11.6 Å². The fourth-order valence-corrected chi connectivity index (χ4v) is 1.48. The highest BCUT2D eigenvalue weighted by Gasteiger charge is 2.32. The van der Waals surface area contributed by atoms with E-state index in [4.69, 9.17) is 4.74 Å². The molecule has 2 atom stereocenters. The molecule has 0 aliphatic rings. The number of ether oxygens (including phenoxy) is 1.